The molecule has 0 aromatic carbocycles. The van der Waals surface area contributed by atoms with Crippen LogP contribution in [0.4, 0.5) is 0 Å². The van der Waals surface area contributed by atoms with Gasteiger partial charge in [0.1, 0.15) is 0 Å². The van der Waals surface area contributed by atoms with Gasteiger partial charge in [0.15, 0.2) is 0 Å². The SMILES string of the molecule is CNC(CCc1cccnc1)C1CCOC1. The summed E-state index contributed by atoms with van der Waals surface area (Å²) in [5, 5.41) is 3.41. The number of hydrogen-bond donors (Lipinski definition) is 1. The van der Waals surface area contributed by atoms with E-state index in [1.54, 1.807) is 0 Å². The van der Waals surface area contributed by atoms with Crippen molar-refractivity contribution in [1.29, 1.82) is 0 Å². The van der Waals surface area contributed by atoms with E-state index in [0.717, 1.165) is 26.1 Å². The zero-order valence-corrected chi connectivity index (χ0v) is 9.86. The van der Waals surface area contributed by atoms with E-state index in [4.69, 9.17) is 4.74 Å². The van der Waals surface area contributed by atoms with E-state index >= 15 is 0 Å². The Morgan fingerprint density at radius 2 is 2.56 bits per heavy atom. The molecule has 16 heavy (non-hydrogen) atoms. The molecule has 0 saturated carbocycles. The first-order chi connectivity index (χ1) is 7.90. The minimum absolute atomic E-state index is 0.572. The molecule has 3 heteroatoms. The second kappa shape index (κ2) is 5.97. The highest BCUT2D eigenvalue weighted by atomic mass is 16.5. The number of nitrogens with zero attached hydrogens (tertiary/aromatic N) is 1. The number of rotatable bonds is 5. The summed E-state index contributed by atoms with van der Waals surface area (Å²) in [5.74, 6) is 0.682. The molecule has 1 aromatic rings. The Labute approximate surface area is 97.2 Å². The van der Waals surface area contributed by atoms with Gasteiger partial charge >= 0.3 is 0 Å². The number of ether oxygens (including phenoxy) is 1. The highest BCUT2D eigenvalue weighted by Gasteiger charge is 2.23. The molecule has 0 spiro atoms. The maximum absolute atomic E-state index is 5.44. The van der Waals surface area contributed by atoms with Crippen molar-refractivity contribution >= 4 is 0 Å². The minimum Gasteiger partial charge on any atom is -0.381 e. The largest absolute Gasteiger partial charge is 0.381 e. The number of nitrogens with one attached hydrogen (secondary N) is 1. The second-order valence-corrected chi connectivity index (χ2v) is 4.42. The van der Waals surface area contributed by atoms with Gasteiger partial charge in [-0.2, -0.15) is 0 Å². The summed E-state index contributed by atoms with van der Waals surface area (Å²) in [6, 6.07) is 4.72. The molecule has 1 aliphatic heterocycles. The summed E-state index contributed by atoms with van der Waals surface area (Å²) in [5.41, 5.74) is 1.32. The molecule has 3 nitrogen and oxygen atoms in total. The van der Waals surface area contributed by atoms with Crippen molar-refractivity contribution in [1.82, 2.24) is 10.3 Å². The highest BCUT2D eigenvalue weighted by Crippen LogP contribution is 2.20. The topological polar surface area (TPSA) is 34.2 Å². The van der Waals surface area contributed by atoms with Crippen LogP contribution in [0, 0.1) is 5.92 Å². The van der Waals surface area contributed by atoms with Gasteiger partial charge in [-0.15, -0.1) is 0 Å². The van der Waals surface area contributed by atoms with Crippen molar-refractivity contribution in [3.8, 4) is 0 Å². The van der Waals surface area contributed by atoms with Crippen molar-refractivity contribution in [2.24, 2.45) is 5.92 Å². The molecular formula is C13H20N2O. The lowest BCUT2D eigenvalue weighted by molar-refractivity contribution is 0.176. The molecule has 1 aliphatic rings. The monoisotopic (exact) mass is 220 g/mol. The van der Waals surface area contributed by atoms with Gasteiger partial charge in [0.25, 0.3) is 0 Å². The number of hydrogen-bond acceptors (Lipinski definition) is 3. The van der Waals surface area contributed by atoms with E-state index < -0.39 is 0 Å². The summed E-state index contributed by atoms with van der Waals surface area (Å²) in [7, 11) is 2.05. The van der Waals surface area contributed by atoms with Crippen LogP contribution >= 0.6 is 0 Å². The fourth-order valence-electron chi connectivity index (χ4n) is 2.35. The van der Waals surface area contributed by atoms with E-state index in [-0.39, 0.29) is 0 Å². The molecule has 2 unspecified atom stereocenters. The van der Waals surface area contributed by atoms with Gasteiger partial charge < -0.3 is 10.1 Å². The molecule has 0 amide bonds. The second-order valence-electron chi connectivity index (χ2n) is 4.42. The Hall–Kier alpha value is -0.930. The third-order valence-electron chi connectivity index (χ3n) is 3.37. The molecule has 2 rings (SSSR count). The van der Waals surface area contributed by atoms with Gasteiger partial charge in [0.2, 0.25) is 0 Å². The molecule has 0 bridgehead atoms. The zero-order valence-electron chi connectivity index (χ0n) is 9.86. The molecule has 2 atom stereocenters. The maximum Gasteiger partial charge on any atom is 0.0510 e. The standard InChI is InChI=1S/C13H20N2O/c1-14-13(12-6-8-16-10-12)5-4-11-3-2-7-15-9-11/h2-3,7,9,12-14H,4-6,8,10H2,1H3. The van der Waals surface area contributed by atoms with Gasteiger partial charge in [-0.1, -0.05) is 6.07 Å². The predicted molar refractivity (Wildman–Crippen MR) is 64.3 cm³/mol. The molecule has 1 fully saturated rings. The van der Waals surface area contributed by atoms with Crippen LogP contribution in [0.2, 0.25) is 0 Å². The Balaban J connectivity index is 1.83. The smallest absolute Gasteiger partial charge is 0.0510 e. The molecular weight excluding hydrogens is 200 g/mol. The quantitative estimate of drug-likeness (QED) is 0.819. The third kappa shape index (κ3) is 3.03. The average molecular weight is 220 g/mol. The molecule has 2 heterocycles. The summed E-state index contributed by atoms with van der Waals surface area (Å²) < 4.78 is 5.44. The summed E-state index contributed by atoms with van der Waals surface area (Å²) >= 11 is 0. The number of aryl methyl sites for hydroxylation is 1. The summed E-state index contributed by atoms with van der Waals surface area (Å²) in [4.78, 5) is 4.14. The lowest BCUT2D eigenvalue weighted by Crippen LogP contribution is -2.34. The maximum atomic E-state index is 5.44. The van der Waals surface area contributed by atoms with Crippen LogP contribution in [0.25, 0.3) is 0 Å². The molecule has 1 N–H and O–H groups in total. The van der Waals surface area contributed by atoms with Crippen molar-refractivity contribution in [2.45, 2.75) is 25.3 Å². The lowest BCUT2D eigenvalue weighted by atomic mass is 9.94. The number of pyridine rings is 1. The van der Waals surface area contributed by atoms with E-state index in [1.165, 1.54) is 12.0 Å². The molecule has 0 radical (unpaired) electrons. The fraction of sp³-hybridized carbons (Fsp3) is 0.615. The predicted octanol–water partition coefficient (Wildman–Crippen LogP) is 1.64. The van der Waals surface area contributed by atoms with Crippen molar-refractivity contribution in [2.75, 3.05) is 20.3 Å². The van der Waals surface area contributed by atoms with Crippen LogP contribution in [0.1, 0.15) is 18.4 Å². The first-order valence-electron chi connectivity index (χ1n) is 6.04. The van der Waals surface area contributed by atoms with Crippen LogP contribution in [0.15, 0.2) is 24.5 Å². The molecule has 88 valence electrons. The van der Waals surface area contributed by atoms with E-state index in [0.29, 0.717) is 12.0 Å². The van der Waals surface area contributed by atoms with E-state index in [1.807, 2.05) is 25.5 Å². The van der Waals surface area contributed by atoms with Crippen molar-refractivity contribution in [3.05, 3.63) is 30.1 Å². The Morgan fingerprint density at radius 3 is 3.19 bits per heavy atom. The Morgan fingerprint density at radius 1 is 1.62 bits per heavy atom. The first-order valence-corrected chi connectivity index (χ1v) is 6.04. The summed E-state index contributed by atoms with van der Waals surface area (Å²) in [6.45, 7) is 1.84. The summed E-state index contributed by atoms with van der Waals surface area (Å²) in [6.07, 6.45) is 7.23. The van der Waals surface area contributed by atoms with Gasteiger partial charge in [-0.05, 0) is 43.9 Å². The van der Waals surface area contributed by atoms with Crippen LogP contribution in [0.5, 0.6) is 0 Å². The van der Waals surface area contributed by atoms with Gasteiger partial charge in [0, 0.05) is 25.0 Å². The van der Waals surface area contributed by atoms with Crippen LogP contribution in [-0.4, -0.2) is 31.3 Å². The van der Waals surface area contributed by atoms with Gasteiger partial charge in [0.05, 0.1) is 6.61 Å². The number of aromatic nitrogens is 1. The molecule has 1 aromatic heterocycles. The van der Waals surface area contributed by atoms with Crippen LogP contribution in [-0.2, 0) is 11.2 Å². The van der Waals surface area contributed by atoms with Crippen LogP contribution in [0.3, 0.4) is 0 Å². The molecule has 1 saturated heterocycles. The molecule has 0 aliphatic carbocycles. The zero-order chi connectivity index (χ0) is 11.2. The fourth-order valence-corrected chi connectivity index (χ4v) is 2.35. The van der Waals surface area contributed by atoms with Gasteiger partial charge in [-0.25, -0.2) is 0 Å². The van der Waals surface area contributed by atoms with Crippen molar-refractivity contribution in [3.63, 3.8) is 0 Å². The van der Waals surface area contributed by atoms with Crippen molar-refractivity contribution < 1.29 is 4.74 Å². The van der Waals surface area contributed by atoms with E-state index in [2.05, 4.69) is 16.4 Å². The van der Waals surface area contributed by atoms with Crippen LogP contribution < -0.4 is 5.32 Å². The van der Waals surface area contributed by atoms with E-state index in [9.17, 15) is 0 Å². The normalized spacial score (nSPS) is 22.2. The van der Waals surface area contributed by atoms with Gasteiger partial charge in [-0.3, -0.25) is 4.98 Å². The first kappa shape index (κ1) is 11.6. The Bertz CT molecular complexity index is 296. The highest BCUT2D eigenvalue weighted by molar-refractivity contribution is 5.08. The Kier molecular flexibility index (Phi) is 4.31. The third-order valence-corrected chi connectivity index (χ3v) is 3.37. The minimum atomic E-state index is 0.572. The lowest BCUT2D eigenvalue weighted by Gasteiger charge is -2.21. The average Bonchev–Trinajstić information content (AvgIpc) is 2.85.